The lowest BCUT2D eigenvalue weighted by atomic mass is 9.85. The summed E-state index contributed by atoms with van der Waals surface area (Å²) in [4.78, 5) is 0. The molecule has 2 aliphatic carbocycles. The van der Waals surface area contributed by atoms with Gasteiger partial charge in [0.1, 0.15) is 0 Å². The normalized spacial score (nSPS) is 49.7. The highest BCUT2D eigenvalue weighted by atomic mass is 14.7. The zero-order valence-corrected chi connectivity index (χ0v) is 5.84. The van der Waals surface area contributed by atoms with Crippen LogP contribution in [0, 0.1) is 11.8 Å². The van der Waals surface area contributed by atoms with E-state index in [0.29, 0.717) is 6.04 Å². The van der Waals surface area contributed by atoms with Crippen molar-refractivity contribution in [2.45, 2.75) is 38.1 Å². The fourth-order valence-corrected chi connectivity index (χ4v) is 2.51. The topological polar surface area (TPSA) is 26.0 Å². The Kier molecular flexibility index (Phi) is 1.26. The molecule has 0 spiro atoms. The van der Waals surface area contributed by atoms with Crippen molar-refractivity contribution in [2.24, 2.45) is 17.6 Å². The van der Waals surface area contributed by atoms with Gasteiger partial charge in [-0.15, -0.1) is 0 Å². The zero-order chi connectivity index (χ0) is 6.27. The van der Waals surface area contributed by atoms with Gasteiger partial charge in [-0.05, 0) is 37.5 Å². The Balaban J connectivity index is 2.10. The van der Waals surface area contributed by atoms with E-state index in [9.17, 15) is 0 Å². The summed E-state index contributed by atoms with van der Waals surface area (Å²) in [7, 11) is 0. The van der Waals surface area contributed by atoms with Gasteiger partial charge in [0.05, 0.1) is 0 Å². The molecule has 9 heavy (non-hydrogen) atoms. The van der Waals surface area contributed by atoms with Crippen LogP contribution in [0.15, 0.2) is 0 Å². The third-order valence-electron chi connectivity index (χ3n) is 3.15. The molecule has 2 fully saturated rings. The van der Waals surface area contributed by atoms with Crippen LogP contribution in [0.2, 0.25) is 0 Å². The summed E-state index contributed by atoms with van der Waals surface area (Å²) in [6.07, 6.45) is 7.12. The molecule has 0 heterocycles. The second kappa shape index (κ2) is 1.98. The summed E-state index contributed by atoms with van der Waals surface area (Å²) in [5.41, 5.74) is 5.98. The minimum atomic E-state index is 0.582. The van der Waals surface area contributed by atoms with E-state index in [4.69, 9.17) is 5.73 Å². The lowest BCUT2D eigenvalue weighted by Gasteiger charge is -2.25. The summed E-state index contributed by atoms with van der Waals surface area (Å²) in [5, 5.41) is 0. The smallest absolute Gasteiger partial charge is 0.00956 e. The van der Waals surface area contributed by atoms with Gasteiger partial charge in [-0.3, -0.25) is 0 Å². The SMILES string of the molecule is NC1[C@@H]2CCC[C@H]1CC2. The Morgan fingerprint density at radius 1 is 0.889 bits per heavy atom. The van der Waals surface area contributed by atoms with Crippen LogP contribution < -0.4 is 5.73 Å². The van der Waals surface area contributed by atoms with Gasteiger partial charge in [0.15, 0.2) is 0 Å². The summed E-state index contributed by atoms with van der Waals surface area (Å²) >= 11 is 0. The maximum Gasteiger partial charge on any atom is 0.00956 e. The Morgan fingerprint density at radius 2 is 1.44 bits per heavy atom. The van der Waals surface area contributed by atoms with E-state index >= 15 is 0 Å². The third kappa shape index (κ3) is 0.787. The van der Waals surface area contributed by atoms with E-state index in [1.54, 1.807) is 0 Å². The van der Waals surface area contributed by atoms with Gasteiger partial charge in [0.25, 0.3) is 0 Å². The number of nitrogens with two attached hydrogens (primary N) is 1. The van der Waals surface area contributed by atoms with E-state index in [1.807, 2.05) is 0 Å². The van der Waals surface area contributed by atoms with Gasteiger partial charge in [-0.2, -0.15) is 0 Å². The van der Waals surface area contributed by atoms with Crippen LogP contribution in [0.4, 0.5) is 0 Å². The molecule has 2 aliphatic rings. The van der Waals surface area contributed by atoms with Crippen molar-refractivity contribution in [3.8, 4) is 0 Å². The van der Waals surface area contributed by atoms with Crippen molar-refractivity contribution in [1.29, 1.82) is 0 Å². The van der Waals surface area contributed by atoms with Gasteiger partial charge >= 0.3 is 0 Å². The Morgan fingerprint density at radius 3 is 1.89 bits per heavy atom. The predicted octanol–water partition coefficient (Wildman–Crippen LogP) is 1.52. The summed E-state index contributed by atoms with van der Waals surface area (Å²) in [5.74, 6) is 1.81. The monoisotopic (exact) mass is 125 g/mol. The molecule has 1 heteroatoms. The first-order chi connectivity index (χ1) is 4.38. The van der Waals surface area contributed by atoms with Gasteiger partial charge < -0.3 is 5.73 Å². The van der Waals surface area contributed by atoms with Crippen molar-refractivity contribution in [2.75, 3.05) is 0 Å². The fourth-order valence-electron chi connectivity index (χ4n) is 2.51. The first kappa shape index (κ1) is 5.72. The molecule has 2 rings (SSSR count). The molecule has 1 nitrogen and oxygen atoms in total. The van der Waals surface area contributed by atoms with Gasteiger partial charge in [0.2, 0.25) is 0 Å². The Hall–Kier alpha value is -0.0400. The highest BCUT2D eigenvalue weighted by Gasteiger charge is 2.35. The molecule has 0 aromatic rings. The maximum absolute atomic E-state index is 5.98. The standard InChI is InChI=1S/C8H15N/c9-8-6-2-1-3-7(8)5-4-6/h6-8H,1-5,9H2/t6-,7+,8?. The lowest BCUT2D eigenvalue weighted by molar-refractivity contribution is 0.304. The number of hydrogen-bond acceptors (Lipinski definition) is 1. The first-order valence-corrected chi connectivity index (χ1v) is 4.13. The van der Waals surface area contributed by atoms with E-state index in [-0.39, 0.29) is 0 Å². The van der Waals surface area contributed by atoms with Crippen LogP contribution in [0.25, 0.3) is 0 Å². The molecular weight excluding hydrogens is 110 g/mol. The third-order valence-corrected chi connectivity index (χ3v) is 3.15. The van der Waals surface area contributed by atoms with Crippen molar-refractivity contribution in [1.82, 2.24) is 0 Å². The van der Waals surface area contributed by atoms with Crippen LogP contribution in [0.5, 0.6) is 0 Å². The maximum atomic E-state index is 5.98. The molecule has 0 saturated heterocycles. The second-order valence-electron chi connectivity index (χ2n) is 3.61. The molecule has 2 bridgehead atoms. The Bertz CT molecular complexity index is 95.1. The average molecular weight is 125 g/mol. The van der Waals surface area contributed by atoms with E-state index in [0.717, 1.165) is 11.8 Å². The van der Waals surface area contributed by atoms with E-state index < -0.39 is 0 Å². The molecule has 0 aromatic heterocycles. The van der Waals surface area contributed by atoms with Gasteiger partial charge in [-0.25, -0.2) is 0 Å². The van der Waals surface area contributed by atoms with Crippen LogP contribution in [0.3, 0.4) is 0 Å². The quantitative estimate of drug-likeness (QED) is 0.522. The van der Waals surface area contributed by atoms with Gasteiger partial charge in [0, 0.05) is 6.04 Å². The average Bonchev–Trinajstić information content (AvgIpc) is 2.19. The molecule has 3 atom stereocenters. The van der Waals surface area contributed by atoms with Crippen LogP contribution in [-0.2, 0) is 0 Å². The number of fused-ring (bicyclic) bond motifs is 2. The van der Waals surface area contributed by atoms with Crippen LogP contribution in [0.1, 0.15) is 32.1 Å². The lowest BCUT2D eigenvalue weighted by Crippen LogP contribution is -2.34. The highest BCUT2D eigenvalue weighted by molar-refractivity contribution is 4.91. The molecule has 1 unspecified atom stereocenters. The van der Waals surface area contributed by atoms with E-state index in [1.165, 1.54) is 32.1 Å². The summed E-state index contributed by atoms with van der Waals surface area (Å²) in [6, 6.07) is 0.582. The summed E-state index contributed by atoms with van der Waals surface area (Å²) < 4.78 is 0. The second-order valence-corrected chi connectivity index (χ2v) is 3.61. The Labute approximate surface area is 56.6 Å². The van der Waals surface area contributed by atoms with Crippen LogP contribution in [-0.4, -0.2) is 6.04 Å². The minimum Gasteiger partial charge on any atom is -0.327 e. The molecule has 52 valence electrons. The molecule has 0 aliphatic heterocycles. The number of hydrogen-bond donors (Lipinski definition) is 1. The molecule has 2 N–H and O–H groups in total. The predicted molar refractivity (Wildman–Crippen MR) is 38.0 cm³/mol. The van der Waals surface area contributed by atoms with Crippen molar-refractivity contribution >= 4 is 0 Å². The highest BCUT2D eigenvalue weighted by Crippen LogP contribution is 2.40. The first-order valence-electron chi connectivity index (χ1n) is 4.13. The number of rotatable bonds is 0. The van der Waals surface area contributed by atoms with Crippen molar-refractivity contribution in [3.05, 3.63) is 0 Å². The molecule has 0 radical (unpaired) electrons. The molecular formula is C8H15N. The minimum absolute atomic E-state index is 0.582. The zero-order valence-electron chi connectivity index (χ0n) is 5.84. The van der Waals surface area contributed by atoms with Crippen molar-refractivity contribution in [3.63, 3.8) is 0 Å². The van der Waals surface area contributed by atoms with Crippen LogP contribution >= 0.6 is 0 Å². The fraction of sp³-hybridized carbons (Fsp3) is 1.00. The molecule has 0 aromatic carbocycles. The largest absolute Gasteiger partial charge is 0.327 e. The van der Waals surface area contributed by atoms with E-state index in [2.05, 4.69) is 0 Å². The molecule has 0 amide bonds. The summed E-state index contributed by atoms with van der Waals surface area (Å²) in [6.45, 7) is 0. The molecule has 2 saturated carbocycles. The van der Waals surface area contributed by atoms with Gasteiger partial charge in [-0.1, -0.05) is 6.42 Å². The van der Waals surface area contributed by atoms with Crippen molar-refractivity contribution < 1.29 is 0 Å².